The van der Waals surface area contributed by atoms with Crippen molar-refractivity contribution in [3.05, 3.63) is 78.1 Å². The maximum absolute atomic E-state index is 13.2. The van der Waals surface area contributed by atoms with Gasteiger partial charge in [0.1, 0.15) is 30.0 Å². The summed E-state index contributed by atoms with van der Waals surface area (Å²) in [4.78, 5) is 22.4. The van der Waals surface area contributed by atoms with Gasteiger partial charge < -0.3 is 19.2 Å². The number of hydrogen-bond donors (Lipinski definition) is 1. The third-order valence-corrected chi connectivity index (χ3v) is 5.73. The molecule has 0 radical (unpaired) electrons. The van der Waals surface area contributed by atoms with Gasteiger partial charge in [0.15, 0.2) is 0 Å². The van der Waals surface area contributed by atoms with Gasteiger partial charge in [0.05, 0.1) is 23.9 Å². The van der Waals surface area contributed by atoms with Gasteiger partial charge in [-0.25, -0.2) is 9.97 Å². The molecule has 7 nitrogen and oxygen atoms in total. The standard InChI is InChI=1S/C23H25N5O2S/c1-27-13-12-24-23(27)22(16-8-10-17(30-2)11-9-16)26-21(29)14-28-19-7-5-4-6-18(19)25-20(28)15-31-3/h4-13,22H,14-15H2,1-3H3,(H,26,29). The van der Waals surface area contributed by atoms with E-state index in [1.807, 2.05) is 77.2 Å². The Morgan fingerprint density at radius 3 is 2.65 bits per heavy atom. The maximum atomic E-state index is 13.2. The van der Waals surface area contributed by atoms with Crippen molar-refractivity contribution < 1.29 is 9.53 Å². The summed E-state index contributed by atoms with van der Waals surface area (Å²) in [6, 6.07) is 15.2. The number of carbonyl (C=O) groups is 1. The van der Waals surface area contributed by atoms with Gasteiger partial charge in [0.25, 0.3) is 0 Å². The highest BCUT2D eigenvalue weighted by Gasteiger charge is 2.22. The molecular weight excluding hydrogens is 410 g/mol. The molecule has 4 rings (SSSR count). The van der Waals surface area contributed by atoms with Crippen molar-refractivity contribution in [2.75, 3.05) is 13.4 Å². The number of rotatable bonds is 8. The lowest BCUT2D eigenvalue weighted by Crippen LogP contribution is -2.34. The zero-order valence-corrected chi connectivity index (χ0v) is 18.6. The number of ether oxygens (including phenoxy) is 1. The molecule has 4 aromatic rings. The minimum absolute atomic E-state index is 0.102. The normalized spacial score (nSPS) is 12.1. The first-order valence-corrected chi connectivity index (χ1v) is 11.3. The van der Waals surface area contributed by atoms with Gasteiger partial charge in [-0.3, -0.25) is 4.79 Å². The highest BCUT2D eigenvalue weighted by molar-refractivity contribution is 7.97. The fourth-order valence-electron chi connectivity index (χ4n) is 3.64. The minimum Gasteiger partial charge on any atom is -0.497 e. The van der Waals surface area contributed by atoms with Crippen molar-refractivity contribution in [2.24, 2.45) is 7.05 Å². The monoisotopic (exact) mass is 435 g/mol. The Morgan fingerprint density at radius 2 is 1.97 bits per heavy atom. The summed E-state index contributed by atoms with van der Waals surface area (Å²) < 4.78 is 9.18. The van der Waals surface area contributed by atoms with Crippen LogP contribution in [0.1, 0.15) is 23.3 Å². The lowest BCUT2D eigenvalue weighted by Gasteiger charge is -2.20. The highest BCUT2D eigenvalue weighted by atomic mass is 32.2. The van der Waals surface area contributed by atoms with Crippen LogP contribution in [-0.2, 0) is 24.1 Å². The summed E-state index contributed by atoms with van der Waals surface area (Å²) in [5.74, 6) is 3.05. The number of para-hydroxylation sites is 2. The van der Waals surface area contributed by atoms with Gasteiger partial charge >= 0.3 is 0 Å². The van der Waals surface area contributed by atoms with Gasteiger partial charge in [-0.05, 0) is 36.1 Å². The van der Waals surface area contributed by atoms with E-state index in [9.17, 15) is 4.79 Å². The molecule has 0 aliphatic heterocycles. The van der Waals surface area contributed by atoms with E-state index in [1.165, 1.54) is 0 Å². The summed E-state index contributed by atoms with van der Waals surface area (Å²) in [6.45, 7) is 0.188. The second-order valence-electron chi connectivity index (χ2n) is 7.21. The van der Waals surface area contributed by atoms with Crippen LogP contribution >= 0.6 is 11.8 Å². The van der Waals surface area contributed by atoms with Crippen LogP contribution in [0.3, 0.4) is 0 Å². The smallest absolute Gasteiger partial charge is 0.240 e. The zero-order chi connectivity index (χ0) is 21.8. The Morgan fingerprint density at radius 1 is 1.19 bits per heavy atom. The van der Waals surface area contributed by atoms with Gasteiger partial charge in [0, 0.05) is 19.4 Å². The van der Waals surface area contributed by atoms with Crippen LogP contribution in [0.4, 0.5) is 0 Å². The molecule has 2 aromatic heterocycles. The molecule has 0 aliphatic carbocycles. The fraction of sp³-hybridized carbons (Fsp3) is 0.261. The molecule has 0 bridgehead atoms. The number of aromatic nitrogens is 4. The predicted molar refractivity (Wildman–Crippen MR) is 123 cm³/mol. The quantitative estimate of drug-likeness (QED) is 0.458. The number of carbonyl (C=O) groups excluding carboxylic acids is 1. The summed E-state index contributed by atoms with van der Waals surface area (Å²) in [7, 11) is 3.56. The molecule has 2 aromatic carbocycles. The van der Waals surface area contributed by atoms with Crippen molar-refractivity contribution in [3.63, 3.8) is 0 Å². The third kappa shape index (κ3) is 4.44. The molecule has 31 heavy (non-hydrogen) atoms. The Labute approximate surface area is 185 Å². The molecule has 2 heterocycles. The van der Waals surface area contributed by atoms with Crippen LogP contribution in [0, 0.1) is 0 Å². The molecule has 0 saturated heterocycles. The van der Waals surface area contributed by atoms with E-state index in [0.29, 0.717) is 0 Å². The van der Waals surface area contributed by atoms with E-state index in [0.717, 1.165) is 39.7 Å². The lowest BCUT2D eigenvalue weighted by atomic mass is 10.1. The Balaban J connectivity index is 1.63. The second-order valence-corrected chi connectivity index (χ2v) is 8.07. The Hall–Kier alpha value is -3.26. The number of imidazole rings is 2. The molecule has 1 unspecified atom stereocenters. The van der Waals surface area contributed by atoms with E-state index < -0.39 is 0 Å². The number of amides is 1. The molecular formula is C23H25N5O2S. The number of nitrogens with zero attached hydrogens (tertiary/aromatic N) is 4. The number of aryl methyl sites for hydroxylation is 1. The van der Waals surface area contributed by atoms with Crippen LogP contribution in [-0.4, -0.2) is 38.4 Å². The molecule has 1 atom stereocenters. The fourth-order valence-corrected chi connectivity index (χ4v) is 4.12. The highest BCUT2D eigenvalue weighted by Crippen LogP contribution is 2.24. The van der Waals surface area contributed by atoms with Crippen molar-refractivity contribution in [3.8, 4) is 5.75 Å². The first-order chi connectivity index (χ1) is 15.1. The van der Waals surface area contributed by atoms with Gasteiger partial charge in [-0.2, -0.15) is 11.8 Å². The number of methoxy groups -OCH3 is 1. The van der Waals surface area contributed by atoms with Gasteiger partial charge in [-0.15, -0.1) is 0 Å². The topological polar surface area (TPSA) is 74.0 Å². The van der Waals surface area contributed by atoms with Crippen LogP contribution in [0.25, 0.3) is 11.0 Å². The maximum Gasteiger partial charge on any atom is 0.240 e. The summed E-state index contributed by atoms with van der Waals surface area (Å²) >= 11 is 1.69. The number of hydrogen-bond acceptors (Lipinski definition) is 5. The van der Waals surface area contributed by atoms with Crippen molar-refractivity contribution >= 4 is 28.7 Å². The summed E-state index contributed by atoms with van der Waals surface area (Å²) in [5.41, 5.74) is 2.79. The van der Waals surface area contributed by atoms with E-state index in [-0.39, 0.29) is 18.5 Å². The number of thioether (sulfide) groups is 1. The first-order valence-electron chi connectivity index (χ1n) is 9.94. The van der Waals surface area contributed by atoms with Crippen LogP contribution in [0.5, 0.6) is 5.75 Å². The van der Waals surface area contributed by atoms with E-state index >= 15 is 0 Å². The molecule has 1 amide bonds. The molecule has 0 fully saturated rings. The molecule has 8 heteroatoms. The molecule has 0 aliphatic rings. The largest absolute Gasteiger partial charge is 0.497 e. The lowest BCUT2D eigenvalue weighted by molar-refractivity contribution is -0.122. The average Bonchev–Trinajstić information content (AvgIpc) is 3.36. The van der Waals surface area contributed by atoms with Gasteiger partial charge in [0.2, 0.25) is 5.91 Å². The van der Waals surface area contributed by atoms with Crippen LogP contribution < -0.4 is 10.1 Å². The zero-order valence-electron chi connectivity index (χ0n) is 17.8. The van der Waals surface area contributed by atoms with Crippen LogP contribution in [0.2, 0.25) is 0 Å². The first kappa shape index (κ1) is 21.0. The average molecular weight is 436 g/mol. The number of fused-ring (bicyclic) bond motifs is 1. The SMILES string of the molecule is COc1ccc(C(NC(=O)Cn2c(CSC)nc3ccccc32)c2nccn2C)cc1. The second kappa shape index (κ2) is 9.26. The van der Waals surface area contributed by atoms with Gasteiger partial charge in [-0.1, -0.05) is 24.3 Å². The van der Waals surface area contributed by atoms with E-state index in [4.69, 9.17) is 9.72 Å². The summed E-state index contributed by atoms with van der Waals surface area (Å²) in [6.07, 6.45) is 5.64. The Bertz CT molecular complexity index is 1180. The van der Waals surface area contributed by atoms with Crippen LogP contribution in [0.15, 0.2) is 60.9 Å². The molecule has 0 saturated carbocycles. The van der Waals surface area contributed by atoms with E-state index in [1.54, 1.807) is 25.1 Å². The predicted octanol–water partition coefficient (Wildman–Crippen LogP) is 3.55. The number of benzene rings is 2. The van der Waals surface area contributed by atoms with Crippen molar-refractivity contribution in [1.29, 1.82) is 0 Å². The molecule has 160 valence electrons. The molecule has 1 N–H and O–H groups in total. The minimum atomic E-state index is -0.378. The third-order valence-electron chi connectivity index (χ3n) is 5.18. The molecule has 0 spiro atoms. The number of nitrogens with one attached hydrogen (secondary N) is 1. The Kier molecular flexibility index (Phi) is 6.27. The summed E-state index contributed by atoms with van der Waals surface area (Å²) in [5, 5.41) is 3.17. The van der Waals surface area contributed by atoms with E-state index in [2.05, 4.69) is 10.3 Å². The van der Waals surface area contributed by atoms with Crippen molar-refractivity contribution in [2.45, 2.75) is 18.3 Å². The van der Waals surface area contributed by atoms with Crippen molar-refractivity contribution in [1.82, 2.24) is 24.4 Å².